The number of carboxylic acids is 1. The van der Waals surface area contributed by atoms with E-state index in [2.05, 4.69) is 0 Å². The molecule has 0 fully saturated rings. The minimum Gasteiger partial charge on any atom is -0.544 e. The zero-order chi connectivity index (χ0) is 11.4. The molecule has 1 aliphatic rings. The lowest BCUT2D eigenvalue weighted by Gasteiger charge is -2.25. The van der Waals surface area contributed by atoms with Gasteiger partial charge in [-0.15, -0.1) is 0 Å². The number of hydrogen-bond donors (Lipinski definition) is 1. The van der Waals surface area contributed by atoms with E-state index in [4.69, 9.17) is 9.47 Å². The molecule has 16 heavy (non-hydrogen) atoms. The van der Waals surface area contributed by atoms with E-state index in [9.17, 15) is 9.90 Å². The van der Waals surface area contributed by atoms with E-state index in [1.165, 1.54) is 0 Å². The predicted molar refractivity (Wildman–Crippen MR) is 53.0 cm³/mol. The Morgan fingerprint density at radius 1 is 1.44 bits per heavy atom. The molecule has 0 aliphatic carbocycles. The van der Waals surface area contributed by atoms with Crippen LogP contribution in [0.5, 0.6) is 11.5 Å². The second kappa shape index (κ2) is 4.85. The number of hydrogen-bond acceptors (Lipinski definition) is 4. The standard InChI is InChI=1S/C11H13NO4/c13-11(14)6-12-5-8-7-15-9-3-1-2-4-10(9)16-8/h1-4,8,12H,5-7H2,(H,13,14)/t8-/m1/s1. The van der Waals surface area contributed by atoms with Gasteiger partial charge in [-0.1, -0.05) is 12.1 Å². The average Bonchev–Trinajstić information content (AvgIpc) is 2.28. The number of carbonyl (C=O) groups is 1. The molecule has 1 aliphatic heterocycles. The van der Waals surface area contributed by atoms with Crippen LogP contribution < -0.4 is 19.9 Å². The van der Waals surface area contributed by atoms with E-state index in [0.29, 0.717) is 18.9 Å². The Morgan fingerprint density at radius 3 is 2.94 bits per heavy atom. The molecule has 1 atom stereocenters. The lowest BCUT2D eigenvalue weighted by molar-refractivity contribution is -0.655. The van der Waals surface area contributed by atoms with Gasteiger partial charge in [0.1, 0.15) is 19.7 Å². The summed E-state index contributed by atoms with van der Waals surface area (Å²) in [6, 6.07) is 7.43. The molecule has 5 nitrogen and oxygen atoms in total. The SMILES string of the molecule is O=C([O-])C[NH2+]C[C@@H]1COc2ccccc2O1. The molecular formula is C11H13NO4. The van der Waals surface area contributed by atoms with Crippen LogP contribution in [0.2, 0.25) is 0 Å². The molecular weight excluding hydrogens is 210 g/mol. The van der Waals surface area contributed by atoms with Gasteiger partial charge in [0.15, 0.2) is 17.6 Å². The third-order valence-corrected chi connectivity index (χ3v) is 2.31. The Balaban J connectivity index is 1.86. The average molecular weight is 223 g/mol. The number of para-hydroxylation sites is 2. The summed E-state index contributed by atoms with van der Waals surface area (Å²) in [5.41, 5.74) is 0. The predicted octanol–water partition coefficient (Wildman–Crippen LogP) is -1.86. The lowest BCUT2D eigenvalue weighted by atomic mass is 10.2. The van der Waals surface area contributed by atoms with Crippen molar-refractivity contribution in [3.8, 4) is 11.5 Å². The Bertz CT molecular complexity index is 380. The number of carboxylic acid groups (broad SMARTS) is 1. The summed E-state index contributed by atoms with van der Waals surface area (Å²) in [5.74, 6) is 0.372. The number of fused-ring (bicyclic) bond motifs is 1. The van der Waals surface area contributed by atoms with Crippen LogP contribution in [0.3, 0.4) is 0 Å². The first-order valence-corrected chi connectivity index (χ1v) is 5.15. The fourth-order valence-corrected chi connectivity index (χ4v) is 1.57. The maximum absolute atomic E-state index is 10.2. The Kier molecular flexibility index (Phi) is 3.26. The number of nitrogens with two attached hydrogens (primary N) is 1. The van der Waals surface area contributed by atoms with Crippen LogP contribution >= 0.6 is 0 Å². The van der Waals surface area contributed by atoms with Gasteiger partial charge in [-0.2, -0.15) is 0 Å². The summed E-state index contributed by atoms with van der Waals surface area (Å²) in [6.07, 6.45) is -0.116. The van der Waals surface area contributed by atoms with Gasteiger partial charge in [-0.05, 0) is 12.1 Å². The number of carbonyl (C=O) groups excluding carboxylic acids is 1. The van der Waals surface area contributed by atoms with E-state index in [1.807, 2.05) is 24.3 Å². The highest BCUT2D eigenvalue weighted by Crippen LogP contribution is 2.30. The molecule has 0 unspecified atom stereocenters. The Labute approximate surface area is 93.0 Å². The number of ether oxygens (including phenoxy) is 2. The quantitative estimate of drug-likeness (QED) is 0.649. The summed E-state index contributed by atoms with van der Waals surface area (Å²) < 4.78 is 11.1. The Hall–Kier alpha value is -1.75. The highest BCUT2D eigenvalue weighted by molar-refractivity contribution is 5.64. The first-order valence-electron chi connectivity index (χ1n) is 5.15. The van der Waals surface area contributed by atoms with Crippen molar-refractivity contribution in [1.82, 2.24) is 0 Å². The van der Waals surface area contributed by atoms with Gasteiger partial charge in [0, 0.05) is 0 Å². The molecule has 2 N–H and O–H groups in total. The fourth-order valence-electron chi connectivity index (χ4n) is 1.57. The first kappa shape index (κ1) is 10.8. The van der Waals surface area contributed by atoms with Crippen LogP contribution in [0, 0.1) is 0 Å². The first-order chi connectivity index (χ1) is 7.75. The van der Waals surface area contributed by atoms with Crippen molar-refractivity contribution in [2.75, 3.05) is 19.7 Å². The summed E-state index contributed by atoms with van der Waals surface area (Å²) >= 11 is 0. The van der Waals surface area contributed by atoms with Crippen LogP contribution in [0.4, 0.5) is 0 Å². The topological polar surface area (TPSA) is 75.2 Å². The number of quaternary nitrogens is 1. The molecule has 0 spiro atoms. The summed E-state index contributed by atoms with van der Waals surface area (Å²) in [7, 11) is 0. The largest absolute Gasteiger partial charge is 0.544 e. The van der Waals surface area contributed by atoms with Crippen LogP contribution in [0.25, 0.3) is 0 Å². The summed E-state index contributed by atoms with van der Waals surface area (Å²) in [4.78, 5) is 10.2. The van der Waals surface area contributed by atoms with Crippen molar-refractivity contribution in [2.45, 2.75) is 6.10 Å². The molecule has 0 aromatic heterocycles. The molecule has 5 heteroatoms. The van der Waals surface area contributed by atoms with Gasteiger partial charge < -0.3 is 24.7 Å². The van der Waals surface area contributed by atoms with Gasteiger partial charge in [-0.25, -0.2) is 0 Å². The van der Waals surface area contributed by atoms with Crippen LogP contribution in [0.1, 0.15) is 0 Å². The molecule has 1 heterocycles. The molecule has 0 radical (unpaired) electrons. The van der Waals surface area contributed by atoms with E-state index >= 15 is 0 Å². The third kappa shape index (κ3) is 2.64. The van der Waals surface area contributed by atoms with Crippen LogP contribution in [-0.2, 0) is 4.79 Å². The molecule has 86 valence electrons. The van der Waals surface area contributed by atoms with E-state index in [0.717, 1.165) is 5.75 Å². The van der Waals surface area contributed by atoms with Crippen molar-refractivity contribution in [3.63, 3.8) is 0 Å². The zero-order valence-corrected chi connectivity index (χ0v) is 8.72. The minimum atomic E-state index is -1.07. The third-order valence-electron chi connectivity index (χ3n) is 2.31. The maximum atomic E-state index is 10.2. The normalized spacial score (nSPS) is 18.1. The van der Waals surface area contributed by atoms with Gasteiger partial charge in [0.25, 0.3) is 0 Å². The minimum absolute atomic E-state index is 0.0541. The van der Waals surface area contributed by atoms with Crippen LogP contribution in [0.15, 0.2) is 24.3 Å². The highest BCUT2D eigenvalue weighted by Gasteiger charge is 2.21. The molecule has 2 rings (SSSR count). The van der Waals surface area contributed by atoms with Crippen molar-refractivity contribution >= 4 is 5.97 Å². The fraction of sp³-hybridized carbons (Fsp3) is 0.364. The number of rotatable bonds is 4. The molecule has 0 bridgehead atoms. The van der Waals surface area contributed by atoms with Crippen molar-refractivity contribution in [1.29, 1.82) is 0 Å². The zero-order valence-electron chi connectivity index (χ0n) is 8.72. The van der Waals surface area contributed by atoms with E-state index in [-0.39, 0.29) is 12.6 Å². The maximum Gasteiger partial charge on any atom is 0.181 e. The summed E-state index contributed by atoms with van der Waals surface area (Å²) in [5, 5.41) is 11.9. The smallest absolute Gasteiger partial charge is 0.181 e. The van der Waals surface area contributed by atoms with Gasteiger partial charge in [0.05, 0.1) is 5.97 Å². The number of benzene rings is 1. The van der Waals surface area contributed by atoms with Crippen LogP contribution in [-0.4, -0.2) is 31.8 Å². The second-order valence-electron chi connectivity index (χ2n) is 3.60. The molecule has 1 aromatic rings. The van der Waals surface area contributed by atoms with Crippen molar-refractivity contribution in [2.24, 2.45) is 0 Å². The molecule has 0 amide bonds. The number of aliphatic carboxylic acids is 1. The van der Waals surface area contributed by atoms with Crippen molar-refractivity contribution < 1.29 is 24.7 Å². The lowest BCUT2D eigenvalue weighted by Crippen LogP contribution is -2.89. The molecule has 0 saturated heterocycles. The summed E-state index contributed by atoms with van der Waals surface area (Å²) in [6.45, 7) is 0.935. The van der Waals surface area contributed by atoms with E-state index in [1.54, 1.807) is 5.32 Å². The second-order valence-corrected chi connectivity index (χ2v) is 3.60. The highest BCUT2D eigenvalue weighted by atomic mass is 16.6. The van der Waals surface area contributed by atoms with Gasteiger partial charge >= 0.3 is 0 Å². The van der Waals surface area contributed by atoms with Gasteiger partial charge in [0.2, 0.25) is 0 Å². The Morgan fingerprint density at radius 2 is 2.19 bits per heavy atom. The van der Waals surface area contributed by atoms with Crippen molar-refractivity contribution in [3.05, 3.63) is 24.3 Å². The molecule has 1 aromatic carbocycles. The van der Waals surface area contributed by atoms with E-state index < -0.39 is 5.97 Å². The van der Waals surface area contributed by atoms with Gasteiger partial charge in [-0.3, -0.25) is 0 Å². The molecule has 0 saturated carbocycles. The monoisotopic (exact) mass is 223 g/mol.